The molecule has 0 radical (unpaired) electrons. The average Bonchev–Trinajstić information content (AvgIpc) is 2.71. The van der Waals surface area contributed by atoms with Gasteiger partial charge >= 0.3 is 0 Å². The SMILES string of the molecule is CCOc1cc(NC(=NC)NCCNC(=O)c2ccccc2Cl)ccc1OC.I. The van der Waals surface area contributed by atoms with E-state index in [1.807, 2.05) is 25.1 Å². The van der Waals surface area contributed by atoms with E-state index in [4.69, 9.17) is 21.1 Å². The van der Waals surface area contributed by atoms with E-state index in [0.717, 1.165) is 5.69 Å². The zero-order valence-corrected chi connectivity index (χ0v) is 19.7. The van der Waals surface area contributed by atoms with E-state index in [1.165, 1.54) is 0 Å². The lowest BCUT2D eigenvalue weighted by atomic mass is 10.2. The largest absolute Gasteiger partial charge is 0.493 e. The van der Waals surface area contributed by atoms with E-state index >= 15 is 0 Å². The minimum Gasteiger partial charge on any atom is -0.493 e. The standard InChI is InChI=1S/C20H25ClN4O3.HI/c1-4-28-18-13-14(9-10-17(18)27-3)25-20(22-2)24-12-11-23-19(26)15-7-5-6-8-16(15)21;/h5-10,13H,4,11-12H2,1-3H3,(H,23,26)(H2,22,24,25);1H. The second kappa shape index (κ2) is 13.1. The number of nitrogens with one attached hydrogen (secondary N) is 3. The van der Waals surface area contributed by atoms with Gasteiger partial charge < -0.3 is 25.4 Å². The molecule has 0 saturated heterocycles. The second-order valence-corrected chi connectivity index (χ2v) is 6.07. The van der Waals surface area contributed by atoms with E-state index < -0.39 is 0 Å². The van der Waals surface area contributed by atoms with Crippen molar-refractivity contribution in [3.63, 3.8) is 0 Å². The third-order valence-corrected chi connectivity index (χ3v) is 4.10. The number of carbonyl (C=O) groups is 1. The van der Waals surface area contributed by atoms with Crippen molar-refractivity contribution < 1.29 is 14.3 Å². The first-order valence-corrected chi connectivity index (χ1v) is 9.28. The van der Waals surface area contributed by atoms with Crippen molar-refractivity contribution in [1.29, 1.82) is 0 Å². The van der Waals surface area contributed by atoms with Crippen LogP contribution in [0.3, 0.4) is 0 Å². The minimum atomic E-state index is -0.216. The molecule has 0 atom stereocenters. The first-order chi connectivity index (χ1) is 13.6. The molecule has 0 spiro atoms. The minimum absolute atomic E-state index is 0. The molecule has 0 heterocycles. The quantitative estimate of drug-likeness (QED) is 0.209. The van der Waals surface area contributed by atoms with Gasteiger partial charge in [0.15, 0.2) is 17.5 Å². The van der Waals surface area contributed by atoms with Crippen molar-refractivity contribution in [2.45, 2.75) is 6.92 Å². The zero-order valence-electron chi connectivity index (χ0n) is 16.6. The first-order valence-electron chi connectivity index (χ1n) is 8.90. The van der Waals surface area contributed by atoms with Gasteiger partial charge in [0.25, 0.3) is 5.91 Å². The molecular weight excluding hydrogens is 507 g/mol. The number of halogens is 2. The van der Waals surface area contributed by atoms with Gasteiger partial charge in [0.2, 0.25) is 0 Å². The molecule has 0 aromatic heterocycles. The maximum atomic E-state index is 12.1. The number of aliphatic imine (C=N–C) groups is 1. The van der Waals surface area contributed by atoms with E-state index in [0.29, 0.717) is 47.7 Å². The lowest BCUT2D eigenvalue weighted by molar-refractivity contribution is 0.0954. The molecule has 0 aliphatic rings. The van der Waals surface area contributed by atoms with Crippen LogP contribution in [0, 0.1) is 0 Å². The van der Waals surface area contributed by atoms with E-state index in [1.54, 1.807) is 38.4 Å². The van der Waals surface area contributed by atoms with Gasteiger partial charge in [-0.2, -0.15) is 0 Å². The Labute approximate surface area is 193 Å². The molecule has 0 unspecified atom stereocenters. The average molecular weight is 533 g/mol. The number of hydrogen-bond donors (Lipinski definition) is 3. The highest BCUT2D eigenvalue weighted by atomic mass is 127. The van der Waals surface area contributed by atoms with Crippen molar-refractivity contribution >= 4 is 53.1 Å². The number of methoxy groups -OCH3 is 1. The third kappa shape index (κ3) is 7.62. The van der Waals surface area contributed by atoms with Gasteiger partial charge in [-0.15, -0.1) is 24.0 Å². The molecule has 2 rings (SSSR count). The highest BCUT2D eigenvalue weighted by Crippen LogP contribution is 2.30. The van der Waals surface area contributed by atoms with Crippen molar-refractivity contribution in [2.24, 2.45) is 4.99 Å². The molecule has 3 N–H and O–H groups in total. The van der Waals surface area contributed by atoms with Gasteiger partial charge in [0.1, 0.15) is 0 Å². The summed E-state index contributed by atoms with van der Waals surface area (Å²) in [5.41, 5.74) is 1.26. The number of anilines is 1. The number of nitrogens with zero attached hydrogens (tertiary/aromatic N) is 1. The van der Waals surface area contributed by atoms with Gasteiger partial charge in [0, 0.05) is 31.9 Å². The van der Waals surface area contributed by atoms with Crippen LogP contribution >= 0.6 is 35.6 Å². The molecule has 0 fully saturated rings. The van der Waals surface area contributed by atoms with Crippen LogP contribution in [0.4, 0.5) is 5.69 Å². The van der Waals surface area contributed by atoms with Gasteiger partial charge in [-0.25, -0.2) is 0 Å². The Morgan fingerprint density at radius 1 is 1.10 bits per heavy atom. The number of guanidine groups is 1. The molecule has 2 aromatic carbocycles. The van der Waals surface area contributed by atoms with Crippen LogP contribution in [-0.4, -0.2) is 45.7 Å². The van der Waals surface area contributed by atoms with Crippen LogP contribution < -0.4 is 25.4 Å². The summed E-state index contributed by atoms with van der Waals surface area (Å²) >= 11 is 6.03. The fourth-order valence-electron chi connectivity index (χ4n) is 2.44. The summed E-state index contributed by atoms with van der Waals surface area (Å²) in [6.45, 7) is 3.36. The number of amides is 1. The second-order valence-electron chi connectivity index (χ2n) is 5.66. The summed E-state index contributed by atoms with van der Waals surface area (Å²) in [6.07, 6.45) is 0. The Kier molecular flexibility index (Phi) is 11.2. The van der Waals surface area contributed by atoms with Gasteiger partial charge in [-0.3, -0.25) is 9.79 Å². The Morgan fingerprint density at radius 3 is 2.48 bits per heavy atom. The number of hydrogen-bond acceptors (Lipinski definition) is 4. The number of benzene rings is 2. The summed E-state index contributed by atoms with van der Waals surface area (Å²) in [4.78, 5) is 16.3. The van der Waals surface area contributed by atoms with Crippen LogP contribution in [0.1, 0.15) is 17.3 Å². The molecule has 1 amide bonds. The molecule has 0 aliphatic carbocycles. The summed E-state index contributed by atoms with van der Waals surface area (Å²) < 4.78 is 10.9. The third-order valence-electron chi connectivity index (χ3n) is 3.77. The number of ether oxygens (including phenoxy) is 2. The van der Waals surface area contributed by atoms with Gasteiger partial charge in [-0.1, -0.05) is 23.7 Å². The monoisotopic (exact) mass is 532 g/mol. The predicted octanol–water partition coefficient (Wildman–Crippen LogP) is 3.78. The van der Waals surface area contributed by atoms with Crippen LogP contribution in [0.25, 0.3) is 0 Å². The fraction of sp³-hybridized carbons (Fsp3) is 0.300. The molecular formula is C20H26ClIN4O3. The van der Waals surface area contributed by atoms with Gasteiger partial charge in [-0.05, 0) is 31.2 Å². The molecule has 0 aliphatic heterocycles. The smallest absolute Gasteiger partial charge is 0.252 e. The fourth-order valence-corrected chi connectivity index (χ4v) is 2.66. The lowest BCUT2D eigenvalue weighted by Crippen LogP contribution is -2.37. The number of rotatable bonds is 8. The molecule has 0 bridgehead atoms. The van der Waals surface area contributed by atoms with Crippen molar-refractivity contribution in [3.8, 4) is 11.5 Å². The topological polar surface area (TPSA) is 84.0 Å². The van der Waals surface area contributed by atoms with Crippen molar-refractivity contribution in [3.05, 3.63) is 53.1 Å². The van der Waals surface area contributed by atoms with Crippen LogP contribution in [0.15, 0.2) is 47.5 Å². The first kappa shape index (κ1) is 24.8. The molecule has 0 saturated carbocycles. The summed E-state index contributed by atoms with van der Waals surface area (Å²) in [5.74, 6) is 1.67. The van der Waals surface area contributed by atoms with E-state index in [9.17, 15) is 4.79 Å². The Bertz CT molecular complexity index is 833. The maximum Gasteiger partial charge on any atom is 0.252 e. The summed E-state index contributed by atoms with van der Waals surface area (Å²) in [5, 5.41) is 9.56. The van der Waals surface area contributed by atoms with Crippen molar-refractivity contribution in [1.82, 2.24) is 10.6 Å². The Morgan fingerprint density at radius 2 is 1.83 bits per heavy atom. The highest BCUT2D eigenvalue weighted by Gasteiger charge is 2.09. The molecule has 9 heteroatoms. The summed E-state index contributed by atoms with van der Waals surface area (Å²) in [6, 6.07) is 12.5. The molecule has 7 nitrogen and oxygen atoms in total. The normalized spacial score (nSPS) is 10.6. The summed E-state index contributed by atoms with van der Waals surface area (Å²) in [7, 11) is 3.27. The van der Waals surface area contributed by atoms with Crippen LogP contribution in [-0.2, 0) is 0 Å². The van der Waals surface area contributed by atoms with Crippen LogP contribution in [0.2, 0.25) is 5.02 Å². The Balaban J connectivity index is 0.00000420. The van der Waals surface area contributed by atoms with E-state index in [-0.39, 0.29) is 29.9 Å². The predicted molar refractivity (Wildman–Crippen MR) is 128 cm³/mol. The molecule has 2 aromatic rings. The van der Waals surface area contributed by atoms with Crippen LogP contribution in [0.5, 0.6) is 11.5 Å². The Hall–Kier alpha value is -2.20. The van der Waals surface area contributed by atoms with Crippen molar-refractivity contribution in [2.75, 3.05) is 39.2 Å². The zero-order chi connectivity index (χ0) is 20.4. The molecule has 29 heavy (non-hydrogen) atoms. The number of carbonyl (C=O) groups excluding carboxylic acids is 1. The lowest BCUT2D eigenvalue weighted by Gasteiger charge is -2.15. The molecule has 158 valence electrons. The maximum absolute atomic E-state index is 12.1. The van der Waals surface area contributed by atoms with E-state index in [2.05, 4.69) is 20.9 Å². The highest BCUT2D eigenvalue weighted by molar-refractivity contribution is 14.0. The van der Waals surface area contributed by atoms with Gasteiger partial charge in [0.05, 0.1) is 24.3 Å².